The molecule has 1 aromatic carbocycles. The Morgan fingerprint density at radius 1 is 1.33 bits per heavy atom. The zero-order chi connectivity index (χ0) is 9.97. The summed E-state index contributed by atoms with van der Waals surface area (Å²) in [6.45, 7) is 0.558. The number of aromatic amines is 1. The monoisotopic (exact) mass is 224 g/mol. The molecule has 2 aromatic rings. The van der Waals surface area contributed by atoms with Gasteiger partial charge in [-0.15, -0.1) is 12.4 Å². The normalized spacial score (nSPS) is 9.93. The number of hydrogen-bond donors (Lipinski definition) is 2. The second kappa shape index (κ2) is 4.96. The van der Waals surface area contributed by atoms with Crippen LogP contribution in [0.25, 0.3) is 10.9 Å². The minimum Gasteiger partial charge on any atom is -0.352 e. The fourth-order valence-electron chi connectivity index (χ4n) is 1.74. The standard InChI is InChI=1S/C11H12N2O.ClH/c12-6-5-9-8-3-1-2-4-10(8)13-11(9)7-14;/h1-4,7,13H,5-6,12H2;1H. The molecule has 0 bridgehead atoms. The molecule has 1 aromatic heterocycles. The summed E-state index contributed by atoms with van der Waals surface area (Å²) in [5.41, 5.74) is 8.18. The van der Waals surface area contributed by atoms with Crippen LogP contribution in [0.15, 0.2) is 24.3 Å². The fraction of sp³-hybridized carbons (Fsp3) is 0.182. The summed E-state index contributed by atoms with van der Waals surface area (Å²) in [4.78, 5) is 13.9. The molecule has 0 saturated heterocycles. The van der Waals surface area contributed by atoms with Gasteiger partial charge in [-0.2, -0.15) is 0 Å². The number of rotatable bonds is 3. The molecule has 0 aliphatic heterocycles. The number of hydrogen-bond acceptors (Lipinski definition) is 2. The first-order chi connectivity index (χ1) is 6.86. The van der Waals surface area contributed by atoms with Crippen LogP contribution in [0.1, 0.15) is 16.1 Å². The number of fused-ring (bicyclic) bond motifs is 1. The predicted octanol–water partition coefficient (Wildman–Crippen LogP) is 1.90. The molecule has 80 valence electrons. The molecule has 1 heterocycles. The van der Waals surface area contributed by atoms with E-state index in [1.165, 1.54) is 0 Å². The van der Waals surface area contributed by atoms with Crippen LogP contribution in [0, 0.1) is 0 Å². The maximum Gasteiger partial charge on any atom is 0.166 e. The lowest BCUT2D eigenvalue weighted by atomic mass is 10.1. The molecule has 0 spiro atoms. The Balaban J connectivity index is 0.00000112. The van der Waals surface area contributed by atoms with Crippen LogP contribution in [0.3, 0.4) is 0 Å². The number of benzene rings is 1. The van der Waals surface area contributed by atoms with Gasteiger partial charge in [0.15, 0.2) is 6.29 Å². The van der Waals surface area contributed by atoms with Crippen LogP contribution >= 0.6 is 12.4 Å². The molecule has 3 nitrogen and oxygen atoms in total. The Kier molecular flexibility index (Phi) is 3.88. The zero-order valence-corrected chi connectivity index (χ0v) is 9.01. The molecule has 0 fully saturated rings. The fourth-order valence-corrected chi connectivity index (χ4v) is 1.74. The van der Waals surface area contributed by atoms with Crippen molar-refractivity contribution in [1.29, 1.82) is 0 Å². The molecule has 0 radical (unpaired) electrons. The molecule has 0 atom stereocenters. The third-order valence-corrected chi connectivity index (χ3v) is 2.36. The first-order valence-corrected chi connectivity index (χ1v) is 4.61. The molecule has 3 N–H and O–H groups in total. The maximum absolute atomic E-state index is 10.8. The lowest BCUT2D eigenvalue weighted by molar-refractivity contribution is 0.111. The molecule has 0 saturated carbocycles. The highest BCUT2D eigenvalue weighted by molar-refractivity contribution is 5.92. The van der Waals surface area contributed by atoms with Crippen LogP contribution in [0.5, 0.6) is 0 Å². The van der Waals surface area contributed by atoms with Crippen LogP contribution in [0.2, 0.25) is 0 Å². The molecular weight excluding hydrogens is 212 g/mol. The summed E-state index contributed by atoms with van der Waals surface area (Å²) in [7, 11) is 0. The first kappa shape index (κ1) is 11.8. The van der Waals surface area contributed by atoms with Gasteiger partial charge in [0.1, 0.15) is 0 Å². The molecule has 0 aliphatic carbocycles. The smallest absolute Gasteiger partial charge is 0.166 e. The third kappa shape index (κ3) is 2.03. The van der Waals surface area contributed by atoms with E-state index in [0.717, 1.165) is 29.2 Å². The highest BCUT2D eigenvalue weighted by atomic mass is 35.5. The summed E-state index contributed by atoms with van der Waals surface area (Å²) in [6.07, 6.45) is 1.59. The average molecular weight is 225 g/mol. The highest BCUT2D eigenvalue weighted by Gasteiger charge is 2.08. The second-order valence-corrected chi connectivity index (χ2v) is 3.22. The number of carbonyl (C=O) groups excluding carboxylic acids is 1. The largest absolute Gasteiger partial charge is 0.352 e. The van der Waals surface area contributed by atoms with Gasteiger partial charge in [0, 0.05) is 10.9 Å². The van der Waals surface area contributed by atoms with Crippen molar-refractivity contribution < 1.29 is 4.79 Å². The predicted molar refractivity (Wildman–Crippen MR) is 63.7 cm³/mol. The van der Waals surface area contributed by atoms with E-state index in [1.807, 2.05) is 24.3 Å². The summed E-state index contributed by atoms with van der Waals surface area (Å²) < 4.78 is 0. The van der Waals surface area contributed by atoms with Gasteiger partial charge in [-0.1, -0.05) is 18.2 Å². The van der Waals surface area contributed by atoms with Gasteiger partial charge in [-0.25, -0.2) is 0 Å². The Morgan fingerprint density at radius 3 is 2.73 bits per heavy atom. The van der Waals surface area contributed by atoms with E-state index < -0.39 is 0 Å². The van der Waals surface area contributed by atoms with Crippen molar-refractivity contribution in [3.05, 3.63) is 35.5 Å². The topological polar surface area (TPSA) is 58.9 Å². The summed E-state index contributed by atoms with van der Waals surface area (Å²) >= 11 is 0. The number of carbonyl (C=O) groups is 1. The molecule has 0 amide bonds. The summed E-state index contributed by atoms with van der Waals surface area (Å²) in [5, 5.41) is 1.10. The van der Waals surface area contributed by atoms with Crippen molar-refractivity contribution in [2.75, 3.05) is 6.54 Å². The third-order valence-electron chi connectivity index (χ3n) is 2.36. The van der Waals surface area contributed by atoms with E-state index in [4.69, 9.17) is 5.73 Å². The van der Waals surface area contributed by atoms with E-state index in [1.54, 1.807) is 0 Å². The van der Waals surface area contributed by atoms with Crippen molar-refractivity contribution in [1.82, 2.24) is 4.98 Å². The van der Waals surface area contributed by atoms with Gasteiger partial charge in [-0.3, -0.25) is 4.79 Å². The number of H-pyrrole nitrogens is 1. The zero-order valence-electron chi connectivity index (χ0n) is 8.19. The van der Waals surface area contributed by atoms with Crippen LogP contribution in [-0.2, 0) is 6.42 Å². The Labute approximate surface area is 94.1 Å². The van der Waals surface area contributed by atoms with Gasteiger partial charge in [-0.05, 0) is 24.6 Å². The van der Waals surface area contributed by atoms with Crippen molar-refractivity contribution in [2.24, 2.45) is 5.73 Å². The molecule has 0 aliphatic rings. The summed E-state index contributed by atoms with van der Waals surface area (Å²) in [6, 6.07) is 7.87. The maximum atomic E-state index is 10.8. The second-order valence-electron chi connectivity index (χ2n) is 3.22. The molecule has 0 unspecified atom stereocenters. The molecular formula is C11H13ClN2O. The van der Waals surface area contributed by atoms with Crippen molar-refractivity contribution in [3.63, 3.8) is 0 Å². The minimum atomic E-state index is 0. The van der Waals surface area contributed by atoms with Crippen molar-refractivity contribution in [2.45, 2.75) is 6.42 Å². The Bertz CT molecular complexity index is 465. The van der Waals surface area contributed by atoms with Crippen molar-refractivity contribution >= 4 is 29.6 Å². The van der Waals surface area contributed by atoms with Gasteiger partial charge < -0.3 is 10.7 Å². The Hall–Kier alpha value is -1.32. The average Bonchev–Trinajstić information content (AvgIpc) is 2.58. The number of nitrogens with one attached hydrogen (secondary N) is 1. The van der Waals surface area contributed by atoms with Gasteiger partial charge in [0.25, 0.3) is 0 Å². The number of nitrogens with two attached hydrogens (primary N) is 1. The summed E-state index contributed by atoms with van der Waals surface area (Å²) in [5.74, 6) is 0. The Morgan fingerprint density at radius 2 is 2.07 bits per heavy atom. The first-order valence-electron chi connectivity index (χ1n) is 4.61. The van der Waals surface area contributed by atoms with E-state index in [0.29, 0.717) is 12.2 Å². The van der Waals surface area contributed by atoms with Gasteiger partial charge >= 0.3 is 0 Å². The molecule has 4 heteroatoms. The lowest BCUT2D eigenvalue weighted by Crippen LogP contribution is -2.04. The van der Waals surface area contributed by atoms with Crippen LogP contribution in [0.4, 0.5) is 0 Å². The van der Waals surface area contributed by atoms with E-state index in [2.05, 4.69) is 4.98 Å². The number of aldehydes is 1. The lowest BCUT2D eigenvalue weighted by Gasteiger charge is -1.96. The number of halogens is 1. The molecule has 2 rings (SSSR count). The van der Waals surface area contributed by atoms with E-state index >= 15 is 0 Å². The van der Waals surface area contributed by atoms with E-state index in [-0.39, 0.29) is 12.4 Å². The van der Waals surface area contributed by atoms with Gasteiger partial charge in [0.2, 0.25) is 0 Å². The quantitative estimate of drug-likeness (QED) is 0.783. The number of para-hydroxylation sites is 1. The highest BCUT2D eigenvalue weighted by Crippen LogP contribution is 2.21. The van der Waals surface area contributed by atoms with E-state index in [9.17, 15) is 4.79 Å². The van der Waals surface area contributed by atoms with Gasteiger partial charge in [0.05, 0.1) is 5.69 Å². The minimum absolute atomic E-state index is 0. The molecule has 15 heavy (non-hydrogen) atoms. The number of aromatic nitrogens is 1. The SMILES string of the molecule is Cl.NCCc1c(C=O)[nH]c2ccccc12. The van der Waals surface area contributed by atoms with Crippen LogP contribution < -0.4 is 5.73 Å². The van der Waals surface area contributed by atoms with Crippen LogP contribution in [-0.4, -0.2) is 17.8 Å². The van der Waals surface area contributed by atoms with Crippen molar-refractivity contribution in [3.8, 4) is 0 Å².